The molecular weight excluding hydrogens is 270 g/mol. The fraction of sp³-hybridized carbons (Fsp3) is 0.294. The molecule has 0 saturated heterocycles. The van der Waals surface area contributed by atoms with Gasteiger partial charge in [0.15, 0.2) is 0 Å². The van der Waals surface area contributed by atoms with E-state index in [0.29, 0.717) is 11.8 Å². The Morgan fingerprint density at radius 2 is 1.70 bits per heavy atom. The molecule has 106 valence electrons. The van der Waals surface area contributed by atoms with Crippen molar-refractivity contribution in [2.24, 2.45) is 0 Å². The first-order valence-corrected chi connectivity index (χ1v) is 7.33. The first kappa shape index (κ1) is 14.9. The molecular formula is C17H20ClNO. The highest BCUT2D eigenvalue weighted by Gasteiger charge is 2.08. The first-order valence-electron chi connectivity index (χ1n) is 6.96. The summed E-state index contributed by atoms with van der Waals surface area (Å²) in [6, 6.07) is 15.7. The molecule has 0 aliphatic heterocycles. The number of rotatable bonds is 6. The normalized spacial score (nSPS) is 12.3. The smallest absolute Gasteiger partial charge is 0.115 e. The second kappa shape index (κ2) is 7.32. The molecule has 0 spiro atoms. The van der Waals surface area contributed by atoms with Gasteiger partial charge in [0.05, 0.1) is 0 Å². The van der Waals surface area contributed by atoms with E-state index in [4.69, 9.17) is 11.6 Å². The monoisotopic (exact) mass is 289 g/mol. The zero-order chi connectivity index (χ0) is 14.4. The molecule has 2 aromatic carbocycles. The maximum atomic E-state index is 9.25. The number of benzene rings is 2. The lowest BCUT2D eigenvalue weighted by molar-refractivity contribution is 0.475. The average Bonchev–Trinajstić information content (AvgIpc) is 2.47. The van der Waals surface area contributed by atoms with Gasteiger partial charge in [0.2, 0.25) is 0 Å². The van der Waals surface area contributed by atoms with Crippen molar-refractivity contribution in [1.29, 1.82) is 0 Å². The third kappa shape index (κ3) is 4.26. The van der Waals surface area contributed by atoms with E-state index in [1.54, 1.807) is 12.1 Å². The van der Waals surface area contributed by atoms with Crippen LogP contribution in [0.25, 0.3) is 0 Å². The summed E-state index contributed by atoms with van der Waals surface area (Å²) in [5, 5.41) is 13.6. The second-order valence-electron chi connectivity index (χ2n) is 4.88. The maximum Gasteiger partial charge on any atom is 0.115 e. The van der Waals surface area contributed by atoms with Crippen molar-refractivity contribution < 1.29 is 5.11 Å². The van der Waals surface area contributed by atoms with Gasteiger partial charge < -0.3 is 10.4 Å². The van der Waals surface area contributed by atoms with Crippen molar-refractivity contribution in [3.63, 3.8) is 0 Å². The molecule has 1 unspecified atom stereocenters. The van der Waals surface area contributed by atoms with Crippen LogP contribution in [0.15, 0.2) is 48.5 Å². The van der Waals surface area contributed by atoms with Gasteiger partial charge in [-0.05, 0) is 54.8 Å². The van der Waals surface area contributed by atoms with Gasteiger partial charge >= 0.3 is 0 Å². The van der Waals surface area contributed by atoms with Crippen LogP contribution in [-0.2, 0) is 6.42 Å². The molecule has 0 saturated carbocycles. The molecule has 1 atom stereocenters. The van der Waals surface area contributed by atoms with E-state index >= 15 is 0 Å². The molecule has 2 nitrogen and oxygen atoms in total. The molecule has 0 amide bonds. The van der Waals surface area contributed by atoms with Crippen molar-refractivity contribution in [3.05, 3.63) is 64.7 Å². The minimum atomic E-state index is 0.314. The molecule has 0 aliphatic carbocycles. The Labute approximate surface area is 125 Å². The molecule has 0 heterocycles. The summed E-state index contributed by atoms with van der Waals surface area (Å²) in [6.45, 7) is 3.08. The minimum Gasteiger partial charge on any atom is -0.508 e. The lowest BCUT2D eigenvalue weighted by atomic mass is 10.0. The summed E-state index contributed by atoms with van der Waals surface area (Å²) >= 11 is 5.92. The first-order chi connectivity index (χ1) is 9.69. The molecule has 3 heteroatoms. The number of hydrogen-bond acceptors (Lipinski definition) is 2. The summed E-state index contributed by atoms with van der Waals surface area (Å²) in [6.07, 6.45) is 1.99. The number of aromatic hydroxyl groups is 1. The molecule has 2 rings (SSSR count). The van der Waals surface area contributed by atoms with E-state index in [1.807, 2.05) is 24.3 Å². The van der Waals surface area contributed by atoms with Crippen LogP contribution in [0, 0.1) is 0 Å². The van der Waals surface area contributed by atoms with E-state index in [-0.39, 0.29) is 0 Å². The van der Waals surface area contributed by atoms with Crippen LogP contribution in [0.2, 0.25) is 5.02 Å². The summed E-state index contributed by atoms with van der Waals surface area (Å²) in [4.78, 5) is 0. The number of halogens is 1. The molecule has 20 heavy (non-hydrogen) atoms. The van der Waals surface area contributed by atoms with Crippen LogP contribution in [-0.4, -0.2) is 11.7 Å². The minimum absolute atomic E-state index is 0.314. The molecule has 2 N–H and O–H groups in total. The SMILES string of the molecule is CCC(NCCc1ccc(O)cc1)c1ccc(Cl)cc1. The van der Waals surface area contributed by atoms with Crippen LogP contribution in [0.4, 0.5) is 0 Å². The quantitative estimate of drug-likeness (QED) is 0.829. The summed E-state index contributed by atoms with van der Waals surface area (Å²) in [5.74, 6) is 0.314. The zero-order valence-corrected chi connectivity index (χ0v) is 12.4. The summed E-state index contributed by atoms with van der Waals surface area (Å²) in [5.41, 5.74) is 2.49. The van der Waals surface area contributed by atoms with Gasteiger partial charge in [-0.3, -0.25) is 0 Å². The van der Waals surface area contributed by atoms with Gasteiger partial charge in [0.1, 0.15) is 5.75 Å². The predicted molar refractivity (Wildman–Crippen MR) is 84.3 cm³/mol. The highest BCUT2D eigenvalue weighted by atomic mass is 35.5. The molecule has 0 aliphatic rings. The van der Waals surface area contributed by atoms with Gasteiger partial charge in [0.25, 0.3) is 0 Å². The van der Waals surface area contributed by atoms with Crippen LogP contribution < -0.4 is 5.32 Å². The number of phenolic OH excluding ortho intramolecular Hbond substituents is 1. The Kier molecular flexibility index (Phi) is 5.45. The Morgan fingerprint density at radius 1 is 1.05 bits per heavy atom. The van der Waals surface area contributed by atoms with Crippen LogP contribution in [0.1, 0.15) is 30.5 Å². The lowest BCUT2D eigenvalue weighted by Gasteiger charge is -2.17. The third-order valence-corrected chi connectivity index (χ3v) is 3.67. The molecule has 0 fully saturated rings. The van der Waals surface area contributed by atoms with Gasteiger partial charge in [-0.25, -0.2) is 0 Å². The third-order valence-electron chi connectivity index (χ3n) is 3.42. The maximum absolute atomic E-state index is 9.25. The van der Waals surface area contributed by atoms with Crippen molar-refractivity contribution in [3.8, 4) is 5.75 Å². The predicted octanol–water partition coefficient (Wildman–Crippen LogP) is 4.33. The second-order valence-corrected chi connectivity index (χ2v) is 5.32. The Bertz CT molecular complexity index is 522. The van der Waals surface area contributed by atoms with Gasteiger partial charge in [-0.1, -0.05) is 42.8 Å². The fourth-order valence-corrected chi connectivity index (χ4v) is 2.37. The Balaban J connectivity index is 1.87. The summed E-state index contributed by atoms with van der Waals surface area (Å²) < 4.78 is 0. The number of phenols is 1. The van der Waals surface area contributed by atoms with E-state index in [9.17, 15) is 5.11 Å². The molecule has 0 radical (unpaired) electrons. The van der Waals surface area contributed by atoms with E-state index in [1.165, 1.54) is 11.1 Å². The topological polar surface area (TPSA) is 32.3 Å². The van der Waals surface area contributed by atoms with Crippen molar-refractivity contribution >= 4 is 11.6 Å². The van der Waals surface area contributed by atoms with Gasteiger partial charge in [-0.15, -0.1) is 0 Å². The van der Waals surface area contributed by atoms with Crippen LogP contribution in [0.3, 0.4) is 0 Å². The van der Waals surface area contributed by atoms with Crippen molar-refractivity contribution in [2.45, 2.75) is 25.8 Å². The molecule has 0 bridgehead atoms. The lowest BCUT2D eigenvalue weighted by Crippen LogP contribution is -2.23. The van der Waals surface area contributed by atoms with Gasteiger partial charge in [0, 0.05) is 11.1 Å². The van der Waals surface area contributed by atoms with Crippen molar-refractivity contribution in [2.75, 3.05) is 6.54 Å². The number of nitrogens with one attached hydrogen (secondary N) is 1. The standard InChI is InChI=1S/C17H20ClNO/c1-2-17(14-5-7-15(18)8-6-14)19-12-11-13-3-9-16(20)10-4-13/h3-10,17,19-20H,2,11-12H2,1H3. The van der Waals surface area contributed by atoms with Crippen LogP contribution >= 0.6 is 11.6 Å². The Morgan fingerprint density at radius 3 is 2.30 bits per heavy atom. The fourth-order valence-electron chi connectivity index (χ4n) is 2.25. The zero-order valence-electron chi connectivity index (χ0n) is 11.6. The molecule has 2 aromatic rings. The van der Waals surface area contributed by atoms with E-state index in [0.717, 1.165) is 24.4 Å². The summed E-state index contributed by atoms with van der Waals surface area (Å²) in [7, 11) is 0. The number of hydrogen-bond donors (Lipinski definition) is 2. The van der Waals surface area contributed by atoms with Gasteiger partial charge in [-0.2, -0.15) is 0 Å². The average molecular weight is 290 g/mol. The van der Waals surface area contributed by atoms with Crippen LogP contribution in [0.5, 0.6) is 5.75 Å². The van der Waals surface area contributed by atoms with E-state index < -0.39 is 0 Å². The Hall–Kier alpha value is -1.51. The van der Waals surface area contributed by atoms with Crippen molar-refractivity contribution in [1.82, 2.24) is 5.32 Å². The molecule has 0 aromatic heterocycles. The largest absolute Gasteiger partial charge is 0.508 e. The van der Waals surface area contributed by atoms with E-state index in [2.05, 4.69) is 24.4 Å². The highest BCUT2D eigenvalue weighted by molar-refractivity contribution is 6.30. The highest BCUT2D eigenvalue weighted by Crippen LogP contribution is 2.19.